The number of rotatable bonds is 24. The second-order valence-electron chi connectivity index (χ2n) is 7.90. The zero-order valence-electron chi connectivity index (χ0n) is 18.6. The van der Waals surface area contributed by atoms with Gasteiger partial charge in [0.1, 0.15) is 0 Å². The fraction of sp³-hybridized carbons (Fsp3) is 0.957. The van der Waals surface area contributed by atoms with Crippen LogP contribution in [0.5, 0.6) is 0 Å². The molecule has 0 bridgehead atoms. The number of hydrogen-bond acceptors (Lipinski definition) is 5. The molecule has 5 heteroatoms. The summed E-state index contributed by atoms with van der Waals surface area (Å²) < 4.78 is 0. The van der Waals surface area contributed by atoms with Gasteiger partial charge in [-0.15, -0.1) is 0 Å². The molecule has 0 spiro atoms. The van der Waals surface area contributed by atoms with E-state index in [1.54, 1.807) is 0 Å². The molecule has 0 saturated carbocycles. The van der Waals surface area contributed by atoms with Gasteiger partial charge in [-0.3, -0.25) is 0 Å². The van der Waals surface area contributed by atoms with Crippen LogP contribution in [0.4, 0.5) is 0 Å². The zero-order valence-corrected chi connectivity index (χ0v) is 18.6. The van der Waals surface area contributed by atoms with Crippen LogP contribution in [0, 0.1) is 11.3 Å². The molecule has 0 rings (SSSR count). The summed E-state index contributed by atoms with van der Waals surface area (Å²) in [6.07, 6.45) is 19.0. The normalized spacial score (nSPS) is 11.0. The van der Waals surface area contributed by atoms with Crippen molar-refractivity contribution in [3.05, 3.63) is 0 Å². The molecule has 166 valence electrons. The first-order chi connectivity index (χ1) is 13.9. The molecule has 0 radical (unpaired) electrons. The van der Waals surface area contributed by atoms with Crippen molar-refractivity contribution in [3.8, 4) is 6.07 Å². The summed E-state index contributed by atoms with van der Waals surface area (Å²) in [6.45, 7) is 7.45. The molecule has 5 N–H and O–H groups in total. The molecular weight excluding hydrogens is 346 g/mol. The van der Waals surface area contributed by atoms with Gasteiger partial charge in [-0.2, -0.15) is 5.26 Å². The second kappa shape index (κ2) is 26.3. The first kappa shape index (κ1) is 27.3. The molecule has 0 aromatic carbocycles. The lowest BCUT2D eigenvalue weighted by Gasteiger charge is -2.06. The summed E-state index contributed by atoms with van der Waals surface area (Å²) in [5.74, 6) is 0. The van der Waals surface area contributed by atoms with Gasteiger partial charge in [0.05, 0.1) is 6.07 Å². The van der Waals surface area contributed by atoms with Gasteiger partial charge in [-0.25, -0.2) is 0 Å². The van der Waals surface area contributed by atoms with Gasteiger partial charge in [0.15, 0.2) is 0 Å². The highest BCUT2D eigenvalue weighted by Gasteiger charge is 1.94. The van der Waals surface area contributed by atoms with E-state index < -0.39 is 0 Å². The fourth-order valence-corrected chi connectivity index (χ4v) is 3.33. The van der Waals surface area contributed by atoms with E-state index in [-0.39, 0.29) is 0 Å². The van der Waals surface area contributed by atoms with E-state index in [1.807, 2.05) is 0 Å². The molecule has 0 aromatic rings. The Kier molecular flexibility index (Phi) is 25.7. The Bertz CT molecular complexity index is 317. The van der Waals surface area contributed by atoms with Crippen LogP contribution >= 0.6 is 0 Å². The smallest absolute Gasteiger partial charge is 0.0635 e. The monoisotopic (exact) mass is 395 g/mol. The van der Waals surface area contributed by atoms with E-state index in [9.17, 15) is 0 Å². The van der Waals surface area contributed by atoms with Crippen molar-refractivity contribution in [2.24, 2.45) is 5.73 Å². The third-order valence-corrected chi connectivity index (χ3v) is 5.14. The maximum absolute atomic E-state index is 8.44. The van der Waals surface area contributed by atoms with E-state index in [4.69, 9.17) is 11.0 Å². The lowest BCUT2D eigenvalue weighted by molar-refractivity contribution is 0.529. The molecule has 0 aliphatic rings. The number of nitriles is 1. The Labute approximate surface area is 175 Å². The SMILES string of the molecule is N#CCCNCCCCCCNCCCCCCCCNCCCCCCN. The Morgan fingerprint density at radius 3 is 1.14 bits per heavy atom. The number of nitrogens with two attached hydrogens (primary N) is 1. The summed E-state index contributed by atoms with van der Waals surface area (Å²) in [7, 11) is 0. The number of nitrogens with one attached hydrogen (secondary N) is 3. The molecule has 0 aliphatic carbocycles. The Morgan fingerprint density at radius 2 is 0.786 bits per heavy atom. The van der Waals surface area contributed by atoms with Crippen molar-refractivity contribution in [2.45, 2.75) is 96.3 Å². The van der Waals surface area contributed by atoms with E-state index in [2.05, 4.69) is 22.0 Å². The lowest BCUT2D eigenvalue weighted by Crippen LogP contribution is -2.17. The van der Waals surface area contributed by atoms with Crippen LogP contribution in [0.3, 0.4) is 0 Å². The third kappa shape index (κ3) is 25.3. The minimum absolute atomic E-state index is 0.622. The highest BCUT2D eigenvalue weighted by molar-refractivity contribution is 4.69. The van der Waals surface area contributed by atoms with Crippen LogP contribution < -0.4 is 21.7 Å². The fourth-order valence-electron chi connectivity index (χ4n) is 3.33. The summed E-state index contributed by atoms with van der Waals surface area (Å²) in [5, 5.41) is 18.9. The first-order valence-electron chi connectivity index (χ1n) is 12.1. The minimum atomic E-state index is 0.622. The molecule has 0 aliphatic heterocycles. The molecule has 5 nitrogen and oxygen atoms in total. The van der Waals surface area contributed by atoms with E-state index in [0.29, 0.717) is 6.42 Å². The van der Waals surface area contributed by atoms with Crippen LogP contribution in [-0.4, -0.2) is 45.8 Å². The van der Waals surface area contributed by atoms with Crippen molar-refractivity contribution in [3.63, 3.8) is 0 Å². The topological polar surface area (TPSA) is 85.9 Å². The highest BCUT2D eigenvalue weighted by atomic mass is 14.8. The predicted molar refractivity (Wildman–Crippen MR) is 123 cm³/mol. The van der Waals surface area contributed by atoms with Gasteiger partial charge < -0.3 is 21.7 Å². The van der Waals surface area contributed by atoms with Gasteiger partial charge >= 0.3 is 0 Å². The maximum Gasteiger partial charge on any atom is 0.0635 e. The second-order valence-corrected chi connectivity index (χ2v) is 7.90. The highest BCUT2D eigenvalue weighted by Crippen LogP contribution is 2.05. The number of hydrogen-bond donors (Lipinski definition) is 4. The van der Waals surface area contributed by atoms with Crippen molar-refractivity contribution in [1.82, 2.24) is 16.0 Å². The van der Waals surface area contributed by atoms with Crippen molar-refractivity contribution in [1.29, 1.82) is 5.26 Å². The van der Waals surface area contributed by atoms with Gasteiger partial charge in [-0.1, -0.05) is 51.4 Å². The van der Waals surface area contributed by atoms with E-state index >= 15 is 0 Å². The number of unbranched alkanes of at least 4 members (excludes halogenated alkanes) is 11. The predicted octanol–water partition coefficient (Wildman–Crippen LogP) is 4.09. The lowest BCUT2D eigenvalue weighted by atomic mass is 10.1. The molecule has 0 aromatic heterocycles. The largest absolute Gasteiger partial charge is 0.330 e. The van der Waals surface area contributed by atoms with Crippen molar-refractivity contribution >= 4 is 0 Å². The molecule has 0 fully saturated rings. The Hall–Kier alpha value is -0.670. The van der Waals surface area contributed by atoms with Gasteiger partial charge in [0.25, 0.3) is 0 Å². The van der Waals surface area contributed by atoms with Crippen molar-refractivity contribution < 1.29 is 0 Å². The van der Waals surface area contributed by atoms with E-state index in [0.717, 1.165) is 19.6 Å². The van der Waals surface area contributed by atoms with Crippen molar-refractivity contribution in [2.75, 3.05) is 45.8 Å². The van der Waals surface area contributed by atoms with Crippen LogP contribution in [0.2, 0.25) is 0 Å². The molecule has 0 unspecified atom stereocenters. The maximum atomic E-state index is 8.44. The molecule has 28 heavy (non-hydrogen) atoms. The van der Waals surface area contributed by atoms with Crippen LogP contribution in [0.25, 0.3) is 0 Å². The average molecular weight is 396 g/mol. The van der Waals surface area contributed by atoms with Crippen LogP contribution in [0.15, 0.2) is 0 Å². The van der Waals surface area contributed by atoms with Gasteiger partial charge in [-0.05, 0) is 77.8 Å². The van der Waals surface area contributed by atoms with Gasteiger partial charge in [0, 0.05) is 13.0 Å². The molecular formula is C23H49N5. The molecule has 0 amide bonds. The molecule has 0 atom stereocenters. The van der Waals surface area contributed by atoms with Crippen LogP contribution in [0.1, 0.15) is 96.3 Å². The quantitative estimate of drug-likeness (QED) is 0.185. The number of nitrogens with zero attached hydrogens (tertiary/aromatic N) is 1. The average Bonchev–Trinajstić information content (AvgIpc) is 2.71. The minimum Gasteiger partial charge on any atom is -0.330 e. The zero-order chi connectivity index (χ0) is 20.4. The summed E-state index contributed by atoms with van der Waals surface area (Å²) in [5.41, 5.74) is 5.50. The Balaban J connectivity index is 2.97. The standard InChI is InChI=1S/C23H49N5/c24-16-9-3-6-12-20-26-18-10-4-1-2-5-11-19-27-21-13-7-8-14-22-28-23-15-17-25/h26-28H,1-16,18-24H2. The summed E-state index contributed by atoms with van der Waals surface area (Å²) in [4.78, 5) is 0. The Morgan fingerprint density at radius 1 is 0.464 bits per heavy atom. The van der Waals surface area contributed by atoms with E-state index in [1.165, 1.54) is 116 Å². The molecule has 0 saturated heterocycles. The first-order valence-corrected chi connectivity index (χ1v) is 12.1. The molecule has 0 heterocycles. The van der Waals surface area contributed by atoms with Gasteiger partial charge in [0.2, 0.25) is 0 Å². The summed E-state index contributed by atoms with van der Waals surface area (Å²) in [6, 6.07) is 2.16. The van der Waals surface area contributed by atoms with Crippen LogP contribution in [-0.2, 0) is 0 Å². The third-order valence-electron chi connectivity index (χ3n) is 5.14. The summed E-state index contributed by atoms with van der Waals surface area (Å²) >= 11 is 0.